The molecule has 2 rings (SSSR count). The van der Waals surface area contributed by atoms with Crippen molar-refractivity contribution in [2.45, 2.75) is 32.4 Å². The molecular formula is C12H19NOS. The second-order valence-electron chi connectivity index (χ2n) is 4.04. The Labute approximate surface area is 95.9 Å². The van der Waals surface area contributed by atoms with E-state index in [2.05, 4.69) is 29.3 Å². The minimum Gasteiger partial charge on any atom is -0.377 e. The predicted molar refractivity (Wildman–Crippen MR) is 64.2 cm³/mol. The maximum Gasteiger partial charge on any atom is 0.0702 e. The molecule has 2 heterocycles. The molecule has 1 atom stereocenters. The van der Waals surface area contributed by atoms with E-state index in [1.807, 2.05) is 11.3 Å². The minimum absolute atomic E-state index is 0.477. The summed E-state index contributed by atoms with van der Waals surface area (Å²) in [6.07, 6.45) is 2.95. The van der Waals surface area contributed by atoms with Crippen molar-refractivity contribution in [1.29, 1.82) is 0 Å². The Bertz CT molecular complexity index is 267. The fourth-order valence-corrected chi connectivity index (χ4v) is 2.75. The summed E-state index contributed by atoms with van der Waals surface area (Å²) in [5.74, 6) is 0. The summed E-state index contributed by atoms with van der Waals surface area (Å²) in [6, 6.07) is 4.34. The highest BCUT2D eigenvalue weighted by atomic mass is 32.1. The van der Waals surface area contributed by atoms with Crippen LogP contribution in [0, 0.1) is 0 Å². The van der Waals surface area contributed by atoms with Gasteiger partial charge < -0.3 is 4.74 Å². The van der Waals surface area contributed by atoms with Gasteiger partial charge in [0, 0.05) is 24.6 Å². The summed E-state index contributed by atoms with van der Waals surface area (Å²) in [4.78, 5) is 3.93. The second kappa shape index (κ2) is 5.64. The van der Waals surface area contributed by atoms with Gasteiger partial charge in [-0.25, -0.2) is 0 Å². The summed E-state index contributed by atoms with van der Waals surface area (Å²) in [5.41, 5.74) is 0. The Hall–Kier alpha value is -0.380. The van der Waals surface area contributed by atoms with Crippen LogP contribution in [-0.4, -0.2) is 30.7 Å². The Morgan fingerprint density at radius 2 is 2.53 bits per heavy atom. The first kappa shape index (κ1) is 11.1. The molecule has 1 saturated heterocycles. The van der Waals surface area contributed by atoms with Crippen molar-refractivity contribution in [3.05, 3.63) is 22.4 Å². The number of ether oxygens (including phenoxy) is 1. The van der Waals surface area contributed by atoms with Gasteiger partial charge in [-0.15, -0.1) is 11.3 Å². The minimum atomic E-state index is 0.477. The highest BCUT2D eigenvalue weighted by Gasteiger charge is 2.18. The lowest BCUT2D eigenvalue weighted by Crippen LogP contribution is -2.31. The SMILES string of the molecule is CCN(Cc1cccs1)C[C@H]1CCCO1. The molecule has 1 aliphatic heterocycles. The van der Waals surface area contributed by atoms with Gasteiger partial charge in [-0.2, -0.15) is 0 Å². The Morgan fingerprint density at radius 3 is 3.13 bits per heavy atom. The topological polar surface area (TPSA) is 12.5 Å². The zero-order chi connectivity index (χ0) is 10.5. The summed E-state index contributed by atoms with van der Waals surface area (Å²) in [7, 11) is 0. The second-order valence-corrected chi connectivity index (χ2v) is 5.07. The molecule has 0 aromatic carbocycles. The summed E-state index contributed by atoms with van der Waals surface area (Å²) < 4.78 is 5.67. The first-order valence-electron chi connectivity index (χ1n) is 5.75. The molecule has 2 nitrogen and oxygen atoms in total. The summed E-state index contributed by atoms with van der Waals surface area (Å²) in [5, 5.41) is 2.15. The van der Waals surface area contributed by atoms with Crippen LogP contribution in [0.2, 0.25) is 0 Å². The van der Waals surface area contributed by atoms with Crippen LogP contribution < -0.4 is 0 Å². The van der Waals surface area contributed by atoms with Crippen LogP contribution >= 0.6 is 11.3 Å². The third-order valence-corrected chi connectivity index (χ3v) is 3.75. The molecule has 0 aliphatic carbocycles. The van der Waals surface area contributed by atoms with Gasteiger partial charge in [-0.3, -0.25) is 4.90 Å². The zero-order valence-corrected chi connectivity index (χ0v) is 10.1. The molecule has 0 N–H and O–H groups in total. The predicted octanol–water partition coefficient (Wildman–Crippen LogP) is 2.75. The smallest absolute Gasteiger partial charge is 0.0702 e. The molecule has 0 amide bonds. The molecule has 0 unspecified atom stereocenters. The van der Waals surface area contributed by atoms with Crippen LogP contribution in [0.4, 0.5) is 0 Å². The molecule has 1 fully saturated rings. The summed E-state index contributed by atoms with van der Waals surface area (Å²) in [6.45, 7) is 6.46. The van der Waals surface area contributed by atoms with E-state index in [0.717, 1.165) is 26.2 Å². The lowest BCUT2D eigenvalue weighted by atomic mass is 10.2. The van der Waals surface area contributed by atoms with Crippen molar-refractivity contribution in [3.8, 4) is 0 Å². The number of likely N-dealkylation sites (N-methyl/N-ethyl adjacent to an activating group) is 1. The van der Waals surface area contributed by atoms with E-state index in [-0.39, 0.29) is 0 Å². The summed E-state index contributed by atoms with van der Waals surface area (Å²) >= 11 is 1.84. The Kier molecular flexibility index (Phi) is 4.18. The maximum absolute atomic E-state index is 5.67. The monoisotopic (exact) mass is 225 g/mol. The van der Waals surface area contributed by atoms with Crippen LogP contribution in [0.15, 0.2) is 17.5 Å². The van der Waals surface area contributed by atoms with Crippen LogP contribution in [0.5, 0.6) is 0 Å². The van der Waals surface area contributed by atoms with Crippen LogP contribution in [-0.2, 0) is 11.3 Å². The Balaban J connectivity index is 1.81. The molecule has 84 valence electrons. The molecule has 0 bridgehead atoms. The Morgan fingerprint density at radius 1 is 1.60 bits per heavy atom. The zero-order valence-electron chi connectivity index (χ0n) is 9.32. The average molecular weight is 225 g/mol. The van der Waals surface area contributed by atoms with Crippen molar-refractivity contribution < 1.29 is 4.74 Å². The fourth-order valence-electron chi connectivity index (χ4n) is 2.00. The van der Waals surface area contributed by atoms with Gasteiger partial charge in [0.1, 0.15) is 0 Å². The molecule has 0 radical (unpaired) electrons. The highest BCUT2D eigenvalue weighted by Crippen LogP contribution is 2.16. The maximum atomic E-state index is 5.67. The molecule has 0 saturated carbocycles. The van der Waals surface area contributed by atoms with Crippen molar-refractivity contribution in [1.82, 2.24) is 4.90 Å². The van der Waals surface area contributed by atoms with Gasteiger partial charge in [0.25, 0.3) is 0 Å². The highest BCUT2D eigenvalue weighted by molar-refractivity contribution is 7.09. The van der Waals surface area contributed by atoms with E-state index in [1.165, 1.54) is 17.7 Å². The van der Waals surface area contributed by atoms with Gasteiger partial charge in [0.05, 0.1) is 6.10 Å². The van der Waals surface area contributed by atoms with Gasteiger partial charge >= 0.3 is 0 Å². The van der Waals surface area contributed by atoms with E-state index in [9.17, 15) is 0 Å². The molecule has 1 aromatic rings. The third-order valence-electron chi connectivity index (χ3n) is 2.89. The molecular weight excluding hydrogens is 206 g/mol. The lowest BCUT2D eigenvalue weighted by Gasteiger charge is -2.22. The van der Waals surface area contributed by atoms with Gasteiger partial charge in [-0.05, 0) is 30.8 Å². The van der Waals surface area contributed by atoms with Crippen molar-refractivity contribution in [2.24, 2.45) is 0 Å². The van der Waals surface area contributed by atoms with E-state index < -0.39 is 0 Å². The normalized spacial score (nSPS) is 21.3. The molecule has 0 spiro atoms. The van der Waals surface area contributed by atoms with Gasteiger partial charge in [-0.1, -0.05) is 13.0 Å². The molecule has 15 heavy (non-hydrogen) atoms. The first-order valence-corrected chi connectivity index (χ1v) is 6.63. The largest absolute Gasteiger partial charge is 0.377 e. The van der Waals surface area contributed by atoms with E-state index >= 15 is 0 Å². The van der Waals surface area contributed by atoms with E-state index in [1.54, 1.807) is 0 Å². The average Bonchev–Trinajstić information content (AvgIpc) is 2.89. The first-order chi connectivity index (χ1) is 7.38. The molecule has 1 aromatic heterocycles. The van der Waals surface area contributed by atoms with Crippen molar-refractivity contribution in [2.75, 3.05) is 19.7 Å². The number of hydrogen-bond acceptors (Lipinski definition) is 3. The quantitative estimate of drug-likeness (QED) is 0.764. The van der Waals surface area contributed by atoms with Crippen LogP contribution in [0.3, 0.4) is 0 Å². The van der Waals surface area contributed by atoms with E-state index in [4.69, 9.17) is 4.74 Å². The fraction of sp³-hybridized carbons (Fsp3) is 0.667. The number of rotatable bonds is 5. The van der Waals surface area contributed by atoms with Crippen LogP contribution in [0.25, 0.3) is 0 Å². The number of hydrogen-bond donors (Lipinski definition) is 0. The van der Waals surface area contributed by atoms with Crippen LogP contribution in [0.1, 0.15) is 24.6 Å². The van der Waals surface area contributed by atoms with Crippen molar-refractivity contribution in [3.63, 3.8) is 0 Å². The number of thiophene rings is 1. The van der Waals surface area contributed by atoms with Crippen molar-refractivity contribution >= 4 is 11.3 Å². The molecule has 3 heteroatoms. The standard InChI is InChI=1S/C12H19NOS/c1-2-13(9-11-5-3-7-14-11)10-12-6-4-8-15-12/h4,6,8,11H,2-3,5,7,9-10H2,1H3/t11-/m1/s1. The van der Waals surface area contributed by atoms with Gasteiger partial charge in [0.2, 0.25) is 0 Å². The third kappa shape index (κ3) is 3.30. The van der Waals surface area contributed by atoms with E-state index in [0.29, 0.717) is 6.10 Å². The van der Waals surface area contributed by atoms with Gasteiger partial charge in [0.15, 0.2) is 0 Å². The lowest BCUT2D eigenvalue weighted by molar-refractivity contribution is 0.0728. The number of nitrogens with zero attached hydrogens (tertiary/aromatic N) is 1. The molecule has 1 aliphatic rings.